The number of rotatable bonds is 8. The molecule has 2 nitrogen and oxygen atoms in total. The van der Waals surface area contributed by atoms with Gasteiger partial charge in [0.25, 0.3) is 0 Å². The van der Waals surface area contributed by atoms with E-state index in [0.29, 0.717) is 31.5 Å². The molecule has 0 aromatic heterocycles. The molecule has 0 bridgehead atoms. The fraction of sp³-hybridized carbons (Fsp3) is 0.368. The SMILES string of the molecule is OCCNCC[C@@H](Cc1ccccc1C(F)(F)F)c1ccccc1. The first-order valence-corrected chi connectivity index (χ1v) is 8.04. The monoisotopic (exact) mass is 337 g/mol. The molecule has 0 unspecified atom stereocenters. The number of hydrogen-bond acceptors (Lipinski definition) is 2. The Bertz CT molecular complexity index is 614. The van der Waals surface area contributed by atoms with Gasteiger partial charge in [0.2, 0.25) is 0 Å². The number of aliphatic hydroxyl groups is 1. The topological polar surface area (TPSA) is 32.3 Å². The second-order valence-electron chi connectivity index (χ2n) is 5.73. The average Bonchev–Trinajstić information content (AvgIpc) is 2.58. The van der Waals surface area contributed by atoms with Crippen molar-refractivity contribution in [1.29, 1.82) is 0 Å². The van der Waals surface area contributed by atoms with Gasteiger partial charge in [0.1, 0.15) is 0 Å². The van der Waals surface area contributed by atoms with E-state index < -0.39 is 11.7 Å². The van der Waals surface area contributed by atoms with E-state index in [2.05, 4.69) is 5.32 Å². The van der Waals surface area contributed by atoms with Gasteiger partial charge in [-0.2, -0.15) is 13.2 Å². The molecule has 0 spiro atoms. The number of halogens is 3. The molecule has 0 saturated carbocycles. The van der Waals surface area contributed by atoms with Gasteiger partial charge in [0.05, 0.1) is 12.2 Å². The van der Waals surface area contributed by atoms with E-state index in [1.807, 2.05) is 30.3 Å². The van der Waals surface area contributed by atoms with Crippen molar-refractivity contribution in [3.05, 3.63) is 71.3 Å². The molecule has 0 aliphatic heterocycles. The zero-order chi connectivity index (χ0) is 17.4. The second kappa shape index (κ2) is 8.85. The Morgan fingerprint density at radius 1 is 0.917 bits per heavy atom. The summed E-state index contributed by atoms with van der Waals surface area (Å²) >= 11 is 0. The third kappa shape index (κ3) is 5.35. The number of alkyl halides is 3. The van der Waals surface area contributed by atoms with Crippen LogP contribution in [0.5, 0.6) is 0 Å². The predicted octanol–water partition coefficient (Wildman–Crippen LogP) is 4.00. The van der Waals surface area contributed by atoms with Crippen LogP contribution in [-0.2, 0) is 12.6 Å². The largest absolute Gasteiger partial charge is 0.416 e. The quantitative estimate of drug-likeness (QED) is 0.714. The summed E-state index contributed by atoms with van der Waals surface area (Å²) in [4.78, 5) is 0. The van der Waals surface area contributed by atoms with Gasteiger partial charge >= 0.3 is 6.18 Å². The maximum Gasteiger partial charge on any atom is 0.416 e. The molecule has 0 radical (unpaired) electrons. The van der Waals surface area contributed by atoms with Crippen LogP contribution in [0.15, 0.2) is 54.6 Å². The van der Waals surface area contributed by atoms with Gasteiger partial charge in [-0.25, -0.2) is 0 Å². The number of aliphatic hydroxyl groups excluding tert-OH is 1. The zero-order valence-corrected chi connectivity index (χ0v) is 13.4. The van der Waals surface area contributed by atoms with Crippen molar-refractivity contribution in [2.45, 2.75) is 24.9 Å². The highest BCUT2D eigenvalue weighted by Crippen LogP contribution is 2.34. The highest BCUT2D eigenvalue weighted by atomic mass is 19.4. The smallest absolute Gasteiger partial charge is 0.395 e. The number of hydrogen-bond donors (Lipinski definition) is 2. The molecule has 0 aliphatic rings. The number of nitrogens with one attached hydrogen (secondary N) is 1. The van der Waals surface area contributed by atoms with E-state index in [9.17, 15) is 13.2 Å². The molecule has 2 aromatic carbocycles. The zero-order valence-electron chi connectivity index (χ0n) is 13.4. The maximum atomic E-state index is 13.2. The van der Waals surface area contributed by atoms with Crippen LogP contribution in [0.3, 0.4) is 0 Å². The predicted molar refractivity (Wildman–Crippen MR) is 88.9 cm³/mol. The van der Waals surface area contributed by atoms with Crippen LogP contribution < -0.4 is 5.32 Å². The summed E-state index contributed by atoms with van der Waals surface area (Å²) in [6, 6.07) is 15.4. The molecule has 2 N–H and O–H groups in total. The first-order chi connectivity index (χ1) is 11.5. The van der Waals surface area contributed by atoms with Crippen LogP contribution in [0, 0.1) is 0 Å². The summed E-state index contributed by atoms with van der Waals surface area (Å²) in [5.74, 6) is -0.0131. The Hall–Kier alpha value is -1.85. The molecule has 0 aliphatic carbocycles. The Morgan fingerprint density at radius 3 is 2.25 bits per heavy atom. The molecule has 24 heavy (non-hydrogen) atoms. The average molecular weight is 337 g/mol. The Morgan fingerprint density at radius 2 is 1.58 bits per heavy atom. The van der Waals surface area contributed by atoms with Crippen LogP contribution in [0.1, 0.15) is 29.0 Å². The van der Waals surface area contributed by atoms with E-state index in [1.165, 1.54) is 6.07 Å². The summed E-state index contributed by atoms with van der Waals surface area (Å²) < 4.78 is 39.6. The van der Waals surface area contributed by atoms with Gasteiger partial charge in [-0.1, -0.05) is 48.5 Å². The van der Waals surface area contributed by atoms with Gasteiger partial charge in [-0.15, -0.1) is 0 Å². The van der Waals surface area contributed by atoms with Crippen molar-refractivity contribution in [1.82, 2.24) is 5.32 Å². The summed E-state index contributed by atoms with van der Waals surface area (Å²) in [5.41, 5.74) is 0.788. The van der Waals surface area contributed by atoms with Gasteiger partial charge in [0.15, 0.2) is 0 Å². The molecule has 2 aromatic rings. The first kappa shape index (κ1) is 18.5. The van der Waals surface area contributed by atoms with E-state index in [1.54, 1.807) is 12.1 Å². The molecular formula is C19H22F3NO. The molecule has 0 amide bonds. The fourth-order valence-corrected chi connectivity index (χ4v) is 2.83. The standard InChI is InChI=1S/C19H22F3NO/c20-19(21,22)18-9-5-4-8-17(18)14-16(10-11-23-12-13-24)15-6-2-1-3-7-15/h1-9,16,23-24H,10-14H2/t16-/m0/s1. The van der Waals surface area contributed by atoms with Crippen molar-refractivity contribution in [2.24, 2.45) is 0 Å². The normalized spacial score (nSPS) is 13.0. The molecule has 0 heterocycles. The van der Waals surface area contributed by atoms with E-state index >= 15 is 0 Å². The summed E-state index contributed by atoms with van der Waals surface area (Å²) in [6.07, 6.45) is -3.30. The lowest BCUT2D eigenvalue weighted by molar-refractivity contribution is -0.138. The van der Waals surface area contributed by atoms with E-state index in [-0.39, 0.29) is 12.5 Å². The summed E-state index contributed by atoms with van der Waals surface area (Å²) in [6.45, 7) is 1.18. The van der Waals surface area contributed by atoms with Crippen molar-refractivity contribution < 1.29 is 18.3 Å². The molecule has 5 heteroatoms. The van der Waals surface area contributed by atoms with Crippen molar-refractivity contribution in [2.75, 3.05) is 19.7 Å². The van der Waals surface area contributed by atoms with Crippen molar-refractivity contribution in [3.8, 4) is 0 Å². The molecule has 1 atom stereocenters. The van der Waals surface area contributed by atoms with Crippen LogP contribution in [0.2, 0.25) is 0 Å². The molecule has 130 valence electrons. The molecule has 2 rings (SSSR count). The summed E-state index contributed by atoms with van der Waals surface area (Å²) in [7, 11) is 0. The second-order valence-corrected chi connectivity index (χ2v) is 5.73. The third-order valence-electron chi connectivity index (χ3n) is 4.02. The lowest BCUT2D eigenvalue weighted by Crippen LogP contribution is -2.22. The van der Waals surface area contributed by atoms with Crippen molar-refractivity contribution in [3.63, 3.8) is 0 Å². The minimum Gasteiger partial charge on any atom is -0.395 e. The Labute approximate surface area is 140 Å². The van der Waals surface area contributed by atoms with Crippen LogP contribution >= 0.6 is 0 Å². The molecule has 0 saturated heterocycles. The highest BCUT2D eigenvalue weighted by molar-refractivity contribution is 5.32. The van der Waals surface area contributed by atoms with Crippen LogP contribution in [0.4, 0.5) is 13.2 Å². The highest BCUT2D eigenvalue weighted by Gasteiger charge is 2.33. The molecular weight excluding hydrogens is 315 g/mol. The fourth-order valence-electron chi connectivity index (χ4n) is 2.83. The Kier molecular flexibility index (Phi) is 6.82. The lowest BCUT2D eigenvalue weighted by atomic mass is 9.87. The lowest BCUT2D eigenvalue weighted by Gasteiger charge is -2.20. The first-order valence-electron chi connectivity index (χ1n) is 8.04. The third-order valence-corrected chi connectivity index (χ3v) is 4.02. The number of benzene rings is 2. The van der Waals surface area contributed by atoms with Gasteiger partial charge in [0, 0.05) is 6.54 Å². The van der Waals surface area contributed by atoms with Gasteiger partial charge in [-0.05, 0) is 42.5 Å². The van der Waals surface area contributed by atoms with E-state index in [4.69, 9.17) is 5.11 Å². The molecule has 0 fully saturated rings. The Balaban J connectivity index is 2.19. The van der Waals surface area contributed by atoms with Gasteiger partial charge < -0.3 is 10.4 Å². The summed E-state index contributed by atoms with van der Waals surface area (Å²) in [5, 5.41) is 11.9. The van der Waals surface area contributed by atoms with Crippen molar-refractivity contribution >= 4 is 0 Å². The minimum absolute atomic E-state index is 0.0131. The minimum atomic E-state index is -4.34. The van der Waals surface area contributed by atoms with E-state index in [0.717, 1.165) is 11.6 Å². The van der Waals surface area contributed by atoms with Crippen LogP contribution in [-0.4, -0.2) is 24.8 Å². The van der Waals surface area contributed by atoms with Gasteiger partial charge in [-0.3, -0.25) is 0 Å². The maximum absolute atomic E-state index is 13.2. The van der Waals surface area contributed by atoms with Crippen LogP contribution in [0.25, 0.3) is 0 Å².